The van der Waals surface area contributed by atoms with Crippen LogP contribution in [0.1, 0.15) is 5.56 Å². The van der Waals surface area contributed by atoms with Gasteiger partial charge in [0.25, 0.3) is 4.96 Å². The Morgan fingerprint density at radius 1 is 1.30 bits per heavy atom. The summed E-state index contributed by atoms with van der Waals surface area (Å²) in [5, 5.41) is 17.2. The number of thiazole rings is 1. The number of para-hydroxylation sites is 1. The van der Waals surface area contributed by atoms with Crippen LogP contribution in [0.5, 0.6) is 0 Å². The lowest BCUT2D eigenvalue weighted by Gasteiger charge is -2.06. The second kappa shape index (κ2) is 5.33. The van der Waals surface area contributed by atoms with Crippen LogP contribution in [0.4, 0.5) is 11.6 Å². The summed E-state index contributed by atoms with van der Waals surface area (Å²) in [6, 6.07) is 9.75. The van der Waals surface area contributed by atoms with Crippen LogP contribution in [0.15, 0.2) is 48.1 Å². The van der Waals surface area contributed by atoms with Gasteiger partial charge in [0.2, 0.25) is 5.82 Å². The van der Waals surface area contributed by atoms with Gasteiger partial charge in [-0.25, -0.2) is 0 Å². The molecule has 0 atom stereocenters. The summed E-state index contributed by atoms with van der Waals surface area (Å²) >= 11 is 1.36. The maximum Gasteiger partial charge on any atom is 0.372 e. The fraction of sp³-hybridized carbons (Fsp3) is 0.0667. The Kier molecular flexibility index (Phi) is 3.16. The standard InChI is InChI=1S/C15H11N5O2S/c21-20(22)14-13(18-15-19(14)7-8-23-15)17-9-11-4-1-3-10-5-2-6-16-12(10)11/h1-8,17H,9H2. The van der Waals surface area contributed by atoms with Gasteiger partial charge in [0.15, 0.2) is 0 Å². The van der Waals surface area contributed by atoms with Crippen LogP contribution in [-0.4, -0.2) is 19.3 Å². The van der Waals surface area contributed by atoms with E-state index < -0.39 is 4.92 Å². The van der Waals surface area contributed by atoms with E-state index in [1.807, 2.05) is 30.3 Å². The third kappa shape index (κ3) is 2.29. The van der Waals surface area contributed by atoms with Gasteiger partial charge in [0.1, 0.15) is 6.20 Å². The van der Waals surface area contributed by atoms with Gasteiger partial charge in [-0.2, -0.15) is 9.38 Å². The molecule has 114 valence electrons. The van der Waals surface area contributed by atoms with Gasteiger partial charge < -0.3 is 15.4 Å². The van der Waals surface area contributed by atoms with E-state index in [1.165, 1.54) is 15.7 Å². The number of nitrogens with zero attached hydrogens (tertiary/aromatic N) is 4. The molecule has 8 heteroatoms. The summed E-state index contributed by atoms with van der Waals surface area (Å²) in [7, 11) is 0. The Labute approximate surface area is 134 Å². The maximum atomic E-state index is 11.3. The SMILES string of the molecule is O=[N+]([O-])c1c(NCc2cccc3cccnc23)nc2sccn12. The van der Waals surface area contributed by atoms with E-state index in [2.05, 4.69) is 15.3 Å². The molecule has 1 aromatic carbocycles. The van der Waals surface area contributed by atoms with Gasteiger partial charge in [0.05, 0.1) is 5.52 Å². The van der Waals surface area contributed by atoms with Gasteiger partial charge >= 0.3 is 5.82 Å². The lowest BCUT2D eigenvalue weighted by atomic mass is 10.1. The molecule has 0 aliphatic rings. The van der Waals surface area contributed by atoms with Crippen LogP contribution in [0.2, 0.25) is 0 Å². The van der Waals surface area contributed by atoms with Crippen molar-refractivity contribution < 1.29 is 4.92 Å². The van der Waals surface area contributed by atoms with E-state index in [9.17, 15) is 10.1 Å². The molecule has 23 heavy (non-hydrogen) atoms. The second-order valence-electron chi connectivity index (χ2n) is 4.94. The Hall–Kier alpha value is -3.00. The van der Waals surface area contributed by atoms with Crippen LogP contribution in [-0.2, 0) is 6.54 Å². The number of hydrogen-bond donors (Lipinski definition) is 1. The van der Waals surface area contributed by atoms with Crippen molar-refractivity contribution >= 4 is 38.8 Å². The van der Waals surface area contributed by atoms with Gasteiger partial charge in [-0.15, -0.1) is 0 Å². The van der Waals surface area contributed by atoms with Gasteiger partial charge in [-0.1, -0.05) is 35.6 Å². The predicted molar refractivity (Wildman–Crippen MR) is 88.8 cm³/mol. The van der Waals surface area contributed by atoms with Crippen LogP contribution < -0.4 is 5.32 Å². The number of fused-ring (bicyclic) bond motifs is 2. The number of anilines is 1. The minimum atomic E-state index is -0.420. The molecule has 0 aliphatic heterocycles. The molecule has 0 spiro atoms. The zero-order valence-corrected chi connectivity index (χ0v) is 12.7. The minimum absolute atomic E-state index is 0.0468. The van der Waals surface area contributed by atoms with Crippen LogP contribution in [0.25, 0.3) is 15.9 Å². The molecule has 0 saturated heterocycles. The Bertz CT molecular complexity index is 1020. The molecule has 1 N–H and O–H groups in total. The molecule has 0 bridgehead atoms. The number of nitrogens with one attached hydrogen (secondary N) is 1. The maximum absolute atomic E-state index is 11.3. The Morgan fingerprint density at radius 3 is 3.04 bits per heavy atom. The van der Waals surface area contributed by atoms with E-state index in [0.29, 0.717) is 11.5 Å². The number of aromatic nitrogens is 3. The molecule has 0 unspecified atom stereocenters. The average molecular weight is 325 g/mol. The molecule has 0 fully saturated rings. The molecule has 0 amide bonds. The smallest absolute Gasteiger partial charge is 0.359 e. The van der Waals surface area contributed by atoms with Crippen molar-refractivity contribution in [3.8, 4) is 0 Å². The van der Waals surface area contributed by atoms with E-state index in [-0.39, 0.29) is 11.6 Å². The first-order chi connectivity index (χ1) is 11.2. The normalized spacial score (nSPS) is 11.1. The van der Waals surface area contributed by atoms with E-state index >= 15 is 0 Å². The van der Waals surface area contributed by atoms with Gasteiger partial charge in [-0.3, -0.25) is 4.98 Å². The molecular weight excluding hydrogens is 314 g/mol. The quantitative estimate of drug-likeness (QED) is 0.459. The number of nitro groups is 1. The molecule has 7 nitrogen and oxygen atoms in total. The van der Waals surface area contributed by atoms with Crippen molar-refractivity contribution in [1.82, 2.24) is 14.4 Å². The van der Waals surface area contributed by atoms with Crippen molar-refractivity contribution in [3.05, 3.63) is 63.8 Å². The predicted octanol–water partition coefficient (Wildman–Crippen LogP) is 3.46. The Balaban J connectivity index is 1.70. The Morgan fingerprint density at radius 2 is 2.17 bits per heavy atom. The highest BCUT2D eigenvalue weighted by atomic mass is 32.1. The van der Waals surface area contributed by atoms with Crippen molar-refractivity contribution in [2.24, 2.45) is 0 Å². The zero-order chi connectivity index (χ0) is 15.8. The number of benzene rings is 1. The summed E-state index contributed by atoms with van der Waals surface area (Å²) in [5.41, 5.74) is 1.85. The summed E-state index contributed by atoms with van der Waals surface area (Å²) in [6.45, 7) is 0.417. The van der Waals surface area contributed by atoms with Crippen molar-refractivity contribution in [3.63, 3.8) is 0 Å². The van der Waals surface area contributed by atoms with Crippen molar-refractivity contribution in [1.29, 1.82) is 0 Å². The van der Waals surface area contributed by atoms with Crippen molar-refractivity contribution in [2.75, 3.05) is 5.32 Å². The van der Waals surface area contributed by atoms with E-state index in [1.54, 1.807) is 17.8 Å². The molecule has 4 rings (SSSR count). The van der Waals surface area contributed by atoms with Gasteiger partial charge in [0, 0.05) is 23.5 Å². The van der Waals surface area contributed by atoms with Gasteiger partial charge in [-0.05, 0) is 16.6 Å². The molecule has 0 radical (unpaired) electrons. The molecular formula is C15H11N5O2S. The van der Waals surface area contributed by atoms with E-state index in [4.69, 9.17) is 0 Å². The number of hydrogen-bond acceptors (Lipinski definition) is 6. The zero-order valence-electron chi connectivity index (χ0n) is 11.8. The fourth-order valence-corrected chi connectivity index (χ4v) is 3.27. The van der Waals surface area contributed by atoms with E-state index in [0.717, 1.165) is 16.5 Å². The number of pyridine rings is 1. The lowest BCUT2D eigenvalue weighted by Crippen LogP contribution is -2.04. The van der Waals surface area contributed by atoms with Crippen LogP contribution in [0, 0.1) is 10.1 Å². The topological polar surface area (TPSA) is 85.4 Å². The minimum Gasteiger partial charge on any atom is -0.359 e. The highest BCUT2D eigenvalue weighted by Crippen LogP contribution is 2.28. The summed E-state index contributed by atoms with van der Waals surface area (Å²) in [4.78, 5) is 20.2. The summed E-state index contributed by atoms with van der Waals surface area (Å²) in [5.74, 6) is 0.226. The monoisotopic (exact) mass is 325 g/mol. The molecule has 3 aromatic heterocycles. The number of rotatable bonds is 4. The van der Waals surface area contributed by atoms with Crippen LogP contribution in [0.3, 0.4) is 0 Å². The highest BCUT2D eigenvalue weighted by molar-refractivity contribution is 7.15. The first-order valence-electron chi connectivity index (χ1n) is 6.90. The average Bonchev–Trinajstić information content (AvgIpc) is 3.12. The molecule has 4 aromatic rings. The first-order valence-corrected chi connectivity index (χ1v) is 7.78. The third-order valence-electron chi connectivity index (χ3n) is 3.57. The third-order valence-corrected chi connectivity index (χ3v) is 4.33. The first kappa shape index (κ1) is 13.6. The second-order valence-corrected chi connectivity index (χ2v) is 5.82. The highest BCUT2D eigenvalue weighted by Gasteiger charge is 2.23. The van der Waals surface area contributed by atoms with Crippen LogP contribution >= 0.6 is 11.3 Å². The van der Waals surface area contributed by atoms with Crippen molar-refractivity contribution in [2.45, 2.75) is 6.54 Å². The molecule has 0 aliphatic carbocycles. The largest absolute Gasteiger partial charge is 0.372 e. The molecule has 3 heterocycles. The number of imidazole rings is 1. The summed E-state index contributed by atoms with van der Waals surface area (Å²) in [6.07, 6.45) is 3.39. The summed E-state index contributed by atoms with van der Waals surface area (Å²) < 4.78 is 1.48. The molecule has 0 saturated carbocycles. The fourth-order valence-electron chi connectivity index (χ4n) is 2.56. The lowest BCUT2D eigenvalue weighted by molar-refractivity contribution is -0.389.